The van der Waals surface area contributed by atoms with Crippen LogP contribution in [-0.4, -0.2) is 70.9 Å². The van der Waals surface area contributed by atoms with Crippen LogP contribution in [0.3, 0.4) is 0 Å². The summed E-state index contributed by atoms with van der Waals surface area (Å²) in [6.07, 6.45) is 8.03. The molecule has 9 heteroatoms. The monoisotopic (exact) mass is 407 g/mol. The minimum atomic E-state index is -0.0755. The van der Waals surface area contributed by atoms with Gasteiger partial charge in [0, 0.05) is 44.9 Å². The van der Waals surface area contributed by atoms with Gasteiger partial charge in [-0.05, 0) is 25.9 Å². The van der Waals surface area contributed by atoms with Crippen LogP contribution in [0.15, 0.2) is 12.4 Å². The molecule has 2 aliphatic rings. The lowest BCUT2D eigenvalue weighted by Gasteiger charge is -2.43. The van der Waals surface area contributed by atoms with Gasteiger partial charge in [-0.1, -0.05) is 6.42 Å². The highest BCUT2D eigenvalue weighted by Crippen LogP contribution is 2.31. The molecule has 0 saturated carbocycles. The number of hydrogen-bond donors (Lipinski definition) is 1. The van der Waals surface area contributed by atoms with E-state index < -0.39 is 0 Å². The van der Waals surface area contributed by atoms with Crippen LogP contribution in [0.2, 0.25) is 0 Å². The summed E-state index contributed by atoms with van der Waals surface area (Å²) in [5.41, 5.74) is 6.65. The van der Waals surface area contributed by atoms with Crippen LogP contribution in [0.4, 0.5) is 0 Å². The number of piperidine rings is 1. The maximum absolute atomic E-state index is 12.6. The van der Waals surface area contributed by atoms with Gasteiger partial charge < -0.3 is 20.3 Å². The number of rotatable bonds is 5. The lowest BCUT2D eigenvalue weighted by molar-refractivity contribution is -0.148. The first-order valence-electron chi connectivity index (χ1n) is 9.01. The normalized spacial score (nSPS) is 23.8. The summed E-state index contributed by atoms with van der Waals surface area (Å²) in [6, 6.07) is -0.0755. The summed E-state index contributed by atoms with van der Waals surface area (Å²) in [5, 5.41) is 4.30. The maximum atomic E-state index is 12.6. The quantitative estimate of drug-likeness (QED) is 0.797. The van der Waals surface area contributed by atoms with E-state index in [1.165, 1.54) is 19.3 Å². The number of ether oxygens (including phenoxy) is 1. The van der Waals surface area contributed by atoms with Crippen molar-refractivity contribution in [3.63, 3.8) is 0 Å². The molecule has 2 fully saturated rings. The van der Waals surface area contributed by atoms with Gasteiger partial charge in [-0.15, -0.1) is 24.8 Å². The predicted octanol–water partition coefficient (Wildman–Crippen LogP) is 1.37. The summed E-state index contributed by atoms with van der Waals surface area (Å²) < 4.78 is 7.90. The summed E-state index contributed by atoms with van der Waals surface area (Å²) in [5.74, 6) is 0.110. The van der Waals surface area contributed by atoms with Crippen molar-refractivity contribution in [3.8, 4) is 0 Å². The summed E-state index contributed by atoms with van der Waals surface area (Å²) in [7, 11) is 1.90. The number of carbonyl (C=O) groups excluding carboxylic acids is 1. The third kappa shape index (κ3) is 5.57. The number of amides is 1. The zero-order chi connectivity index (χ0) is 16.9. The Morgan fingerprint density at radius 3 is 2.62 bits per heavy atom. The fourth-order valence-corrected chi connectivity index (χ4v) is 3.82. The van der Waals surface area contributed by atoms with Crippen molar-refractivity contribution >= 4 is 30.7 Å². The molecule has 0 spiro atoms. The minimum Gasteiger partial charge on any atom is -0.373 e. The molecule has 1 amide bonds. The number of likely N-dealkylation sites (tertiary alicyclic amines) is 1. The molecule has 1 aromatic rings. The van der Waals surface area contributed by atoms with E-state index in [9.17, 15) is 4.79 Å². The van der Waals surface area contributed by atoms with Gasteiger partial charge in [0.15, 0.2) is 0 Å². The molecule has 2 N–H and O–H groups in total. The van der Waals surface area contributed by atoms with Crippen LogP contribution in [-0.2, 0) is 16.6 Å². The Hall–Kier alpha value is -0.860. The first kappa shape index (κ1) is 23.2. The van der Waals surface area contributed by atoms with Crippen molar-refractivity contribution < 1.29 is 9.53 Å². The average molecular weight is 408 g/mol. The van der Waals surface area contributed by atoms with E-state index in [1.54, 1.807) is 4.68 Å². The molecule has 1 aromatic heterocycles. The summed E-state index contributed by atoms with van der Waals surface area (Å²) >= 11 is 0. The highest BCUT2D eigenvalue weighted by Gasteiger charge is 2.37. The molecule has 2 saturated heterocycles. The van der Waals surface area contributed by atoms with E-state index in [0.717, 1.165) is 25.2 Å². The smallest absolute Gasteiger partial charge is 0.224 e. The molecular formula is C17H31Cl2N5O2. The van der Waals surface area contributed by atoms with Crippen LogP contribution in [0.25, 0.3) is 0 Å². The zero-order valence-electron chi connectivity index (χ0n) is 15.4. The van der Waals surface area contributed by atoms with E-state index in [1.807, 2.05) is 24.3 Å². The van der Waals surface area contributed by atoms with Gasteiger partial charge in [0.1, 0.15) is 0 Å². The largest absolute Gasteiger partial charge is 0.373 e. The van der Waals surface area contributed by atoms with Gasteiger partial charge in [0.05, 0.1) is 24.9 Å². The first-order valence-corrected chi connectivity index (χ1v) is 9.01. The van der Waals surface area contributed by atoms with Crippen molar-refractivity contribution in [2.75, 3.05) is 39.3 Å². The molecule has 26 heavy (non-hydrogen) atoms. The van der Waals surface area contributed by atoms with Gasteiger partial charge in [-0.25, -0.2) is 0 Å². The second-order valence-corrected chi connectivity index (χ2v) is 6.79. The van der Waals surface area contributed by atoms with Crippen LogP contribution in [0.1, 0.15) is 37.3 Å². The third-order valence-electron chi connectivity index (χ3n) is 4.98. The Morgan fingerprint density at radius 2 is 2.00 bits per heavy atom. The number of hydrogen-bond acceptors (Lipinski definition) is 5. The molecule has 2 aliphatic heterocycles. The van der Waals surface area contributed by atoms with E-state index in [2.05, 4.69) is 10.00 Å². The Labute approximate surface area is 168 Å². The number of carbonyl (C=O) groups is 1. The Morgan fingerprint density at radius 1 is 1.27 bits per heavy atom. The highest BCUT2D eigenvalue weighted by atomic mass is 35.5. The van der Waals surface area contributed by atoms with Gasteiger partial charge in [0.2, 0.25) is 5.91 Å². The maximum Gasteiger partial charge on any atom is 0.224 e. The SMILES string of the molecule is Cl.Cl.Cn1cc([C@H]2[C@H](CN3CCCCC3)OCCN2C(=O)CCN)cn1. The topological polar surface area (TPSA) is 76.6 Å². The second-order valence-electron chi connectivity index (χ2n) is 6.79. The number of nitrogens with two attached hydrogens (primary N) is 1. The standard InChI is InChI=1S/C17H29N5O2.2ClH/c1-20-12-14(11-19-20)17-15(13-21-7-3-2-4-8-21)24-10-9-22(17)16(23)5-6-18;;/h11-12,15,17H,2-10,13,18H2,1H3;2*1H/t15-,17-;;/m0../s1. The average Bonchev–Trinajstić information content (AvgIpc) is 3.02. The molecule has 3 rings (SSSR count). The predicted molar refractivity (Wildman–Crippen MR) is 106 cm³/mol. The van der Waals surface area contributed by atoms with E-state index in [-0.39, 0.29) is 42.9 Å². The van der Waals surface area contributed by atoms with Crippen LogP contribution in [0.5, 0.6) is 0 Å². The number of aromatic nitrogens is 2. The molecule has 0 aliphatic carbocycles. The molecule has 0 aromatic carbocycles. The number of aryl methyl sites for hydroxylation is 1. The molecule has 150 valence electrons. The Balaban J connectivity index is 0.00000169. The second kappa shape index (κ2) is 11.1. The number of halogens is 2. The van der Waals surface area contributed by atoms with Crippen molar-refractivity contribution in [1.82, 2.24) is 19.6 Å². The van der Waals surface area contributed by atoms with Gasteiger partial charge in [-0.3, -0.25) is 9.48 Å². The van der Waals surface area contributed by atoms with Crippen molar-refractivity contribution in [2.45, 2.75) is 37.8 Å². The molecule has 0 unspecified atom stereocenters. The zero-order valence-corrected chi connectivity index (χ0v) is 17.0. The summed E-state index contributed by atoms with van der Waals surface area (Å²) in [6.45, 7) is 4.70. The minimum absolute atomic E-state index is 0. The highest BCUT2D eigenvalue weighted by molar-refractivity contribution is 5.85. The van der Waals surface area contributed by atoms with Crippen molar-refractivity contribution in [3.05, 3.63) is 18.0 Å². The molecule has 3 heterocycles. The fourth-order valence-electron chi connectivity index (χ4n) is 3.82. The van der Waals surface area contributed by atoms with E-state index in [4.69, 9.17) is 10.5 Å². The lowest BCUT2D eigenvalue weighted by atomic mass is 9.99. The van der Waals surface area contributed by atoms with Crippen molar-refractivity contribution in [1.29, 1.82) is 0 Å². The molecule has 2 atom stereocenters. The lowest BCUT2D eigenvalue weighted by Crippen LogP contribution is -2.52. The van der Waals surface area contributed by atoms with Gasteiger partial charge in [-0.2, -0.15) is 5.10 Å². The fraction of sp³-hybridized carbons (Fsp3) is 0.765. The first-order chi connectivity index (χ1) is 11.7. The van der Waals surface area contributed by atoms with Gasteiger partial charge >= 0.3 is 0 Å². The molecule has 7 nitrogen and oxygen atoms in total. The number of nitrogens with zero attached hydrogens (tertiary/aromatic N) is 4. The third-order valence-corrected chi connectivity index (χ3v) is 4.98. The summed E-state index contributed by atoms with van der Waals surface area (Å²) in [4.78, 5) is 17.0. The molecule has 0 radical (unpaired) electrons. The Kier molecular flexibility index (Phi) is 9.89. The van der Waals surface area contributed by atoms with E-state index in [0.29, 0.717) is 26.1 Å². The molecule has 0 bridgehead atoms. The van der Waals surface area contributed by atoms with Crippen molar-refractivity contribution in [2.24, 2.45) is 12.8 Å². The van der Waals surface area contributed by atoms with Crippen LogP contribution in [0, 0.1) is 0 Å². The molecular weight excluding hydrogens is 377 g/mol. The Bertz CT molecular complexity index is 551. The van der Waals surface area contributed by atoms with Crippen LogP contribution < -0.4 is 5.73 Å². The van der Waals surface area contributed by atoms with E-state index >= 15 is 0 Å². The van der Waals surface area contributed by atoms with Gasteiger partial charge in [0.25, 0.3) is 0 Å². The number of morpholine rings is 1. The van der Waals surface area contributed by atoms with Crippen LogP contribution >= 0.6 is 24.8 Å².